The Labute approximate surface area is 160 Å². The summed E-state index contributed by atoms with van der Waals surface area (Å²) in [6, 6.07) is 0.423. The topological polar surface area (TPSA) is 46.9 Å². The van der Waals surface area contributed by atoms with Gasteiger partial charge in [0.25, 0.3) is 5.56 Å². The normalized spacial score (nSPS) is 36.9. The molecule has 26 heavy (non-hydrogen) atoms. The zero-order valence-corrected chi connectivity index (χ0v) is 16.3. The Balaban J connectivity index is 1.43. The van der Waals surface area contributed by atoms with Gasteiger partial charge in [-0.2, -0.15) is 5.10 Å². The van der Waals surface area contributed by atoms with Gasteiger partial charge in [0.05, 0.1) is 17.4 Å². The Bertz CT molecular complexity index is 700. The van der Waals surface area contributed by atoms with Crippen LogP contribution in [0.25, 0.3) is 0 Å². The fourth-order valence-corrected chi connectivity index (χ4v) is 7.02. The minimum absolute atomic E-state index is 0.0592. The molecule has 0 radical (unpaired) electrons. The van der Waals surface area contributed by atoms with E-state index in [1.807, 2.05) is 6.20 Å². The molecule has 0 amide bonds. The first kappa shape index (κ1) is 17.1. The fourth-order valence-electron chi connectivity index (χ4n) is 6.84. The van der Waals surface area contributed by atoms with Gasteiger partial charge in [-0.25, -0.2) is 4.68 Å². The quantitative estimate of drug-likeness (QED) is 0.760. The molecule has 1 aromatic rings. The van der Waals surface area contributed by atoms with Crippen LogP contribution in [-0.4, -0.2) is 15.8 Å². The maximum atomic E-state index is 13.1. The maximum absolute atomic E-state index is 13.1. The highest BCUT2D eigenvalue weighted by Gasteiger charge is 2.53. The van der Waals surface area contributed by atoms with Gasteiger partial charge in [0.1, 0.15) is 5.02 Å². The van der Waals surface area contributed by atoms with Crippen LogP contribution in [0.1, 0.15) is 77.0 Å². The smallest absolute Gasteiger partial charge is 0.288 e. The van der Waals surface area contributed by atoms with E-state index in [1.54, 1.807) is 4.68 Å². The van der Waals surface area contributed by atoms with Gasteiger partial charge >= 0.3 is 0 Å². The van der Waals surface area contributed by atoms with E-state index in [0.717, 1.165) is 55.5 Å². The van der Waals surface area contributed by atoms with Crippen LogP contribution in [0.5, 0.6) is 0 Å². The van der Waals surface area contributed by atoms with E-state index in [0.29, 0.717) is 11.1 Å². The Morgan fingerprint density at radius 3 is 2.15 bits per heavy atom. The summed E-state index contributed by atoms with van der Waals surface area (Å²) in [6.07, 6.45) is 16.8. The van der Waals surface area contributed by atoms with Gasteiger partial charge in [-0.3, -0.25) is 4.79 Å². The van der Waals surface area contributed by atoms with Crippen molar-refractivity contribution in [1.82, 2.24) is 9.78 Å². The number of aromatic nitrogens is 2. The van der Waals surface area contributed by atoms with Crippen LogP contribution >= 0.6 is 11.6 Å². The molecule has 1 aromatic heterocycles. The SMILES string of the molecule is O=c1c(Cl)c(NC2CCCCCC2)cnn1C12CC3CC(CC(C3)C1)C2. The largest absolute Gasteiger partial charge is 0.380 e. The van der Waals surface area contributed by atoms with Gasteiger partial charge in [-0.15, -0.1) is 0 Å². The number of hydrogen-bond acceptors (Lipinski definition) is 3. The molecule has 1 heterocycles. The average Bonchev–Trinajstić information content (AvgIpc) is 2.86. The van der Waals surface area contributed by atoms with Crippen LogP contribution in [0, 0.1) is 17.8 Å². The van der Waals surface area contributed by atoms with Crippen molar-refractivity contribution in [1.29, 1.82) is 0 Å². The lowest BCUT2D eigenvalue weighted by Gasteiger charge is -2.56. The number of rotatable bonds is 3. The van der Waals surface area contributed by atoms with E-state index in [2.05, 4.69) is 10.4 Å². The first-order valence-corrected chi connectivity index (χ1v) is 11.1. The first-order valence-electron chi connectivity index (χ1n) is 10.7. The molecule has 1 N–H and O–H groups in total. The third kappa shape index (κ3) is 2.89. The van der Waals surface area contributed by atoms with Gasteiger partial charge in [-0.05, 0) is 69.1 Å². The molecule has 5 heteroatoms. The molecule has 4 nitrogen and oxygen atoms in total. The Hall–Kier alpha value is -1.03. The maximum Gasteiger partial charge on any atom is 0.288 e. The summed E-state index contributed by atoms with van der Waals surface area (Å²) in [7, 11) is 0. The number of halogens is 1. The van der Waals surface area contributed by atoms with Crippen molar-refractivity contribution < 1.29 is 0 Å². The van der Waals surface area contributed by atoms with Crippen molar-refractivity contribution in [3.05, 3.63) is 21.6 Å². The molecular formula is C21H30ClN3O. The van der Waals surface area contributed by atoms with Crippen molar-refractivity contribution in [2.75, 3.05) is 5.32 Å². The summed E-state index contributed by atoms with van der Waals surface area (Å²) in [5, 5.41) is 8.55. The van der Waals surface area contributed by atoms with Crippen LogP contribution in [-0.2, 0) is 5.54 Å². The molecule has 5 fully saturated rings. The van der Waals surface area contributed by atoms with Crippen LogP contribution in [0.3, 0.4) is 0 Å². The van der Waals surface area contributed by atoms with E-state index in [-0.39, 0.29) is 11.1 Å². The minimum atomic E-state index is -0.0766. The van der Waals surface area contributed by atoms with Gasteiger partial charge in [0, 0.05) is 6.04 Å². The van der Waals surface area contributed by atoms with E-state index in [1.165, 1.54) is 44.9 Å². The standard InChI is InChI=1S/C21H30ClN3O/c22-19-18(24-17-5-3-1-2-4-6-17)13-23-25(20(19)26)21-10-14-7-15(11-21)9-16(8-14)12-21/h13-17,24H,1-12H2. The molecule has 0 aliphatic heterocycles. The zero-order valence-electron chi connectivity index (χ0n) is 15.6. The third-order valence-corrected chi connectivity index (χ3v) is 7.95. The molecule has 142 valence electrons. The second kappa shape index (κ2) is 6.54. The fraction of sp³-hybridized carbons (Fsp3) is 0.810. The Kier molecular flexibility index (Phi) is 4.30. The molecule has 6 rings (SSSR count). The molecule has 5 aliphatic carbocycles. The van der Waals surface area contributed by atoms with E-state index in [4.69, 9.17) is 11.6 Å². The zero-order chi connectivity index (χ0) is 17.7. The highest BCUT2D eigenvalue weighted by atomic mass is 35.5. The number of hydrogen-bond donors (Lipinski definition) is 1. The van der Waals surface area contributed by atoms with Crippen molar-refractivity contribution in [2.45, 2.75) is 88.6 Å². The summed E-state index contributed by atoms with van der Waals surface area (Å²) in [5.74, 6) is 2.37. The third-order valence-electron chi connectivity index (χ3n) is 7.59. The van der Waals surface area contributed by atoms with Crippen LogP contribution in [0.4, 0.5) is 5.69 Å². The van der Waals surface area contributed by atoms with Crippen molar-refractivity contribution in [2.24, 2.45) is 17.8 Å². The van der Waals surface area contributed by atoms with Crippen LogP contribution < -0.4 is 10.9 Å². The number of anilines is 1. The summed E-state index contributed by atoms with van der Waals surface area (Å²) in [4.78, 5) is 13.1. The molecular weight excluding hydrogens is 346 g/mol. The van der Waals surface area contributed by atoms with Gasteiger partial charge in [-0.1, -0.05) is 37.3 Å². The number of nitrogens with one attached hydrogen (secondary N) is 1. The van der Waals surface area contributed by atoms with Gasteiger partial charge in [0.15, 0.2) is 0 Å². The summed E-state index contributed by atoms with van der Waals surface area (Å²) >= 11 is 6.56. The molecule has 0 unspecified atom stereocenters. The second-order valence-electron chi connectivity index (χ2n) is 9.56. The first-order chi connectivity index (χ1) is 12.6. The predicted molar refractivity (Wildman–Crippen MR) is 105 cm³/mol. The predicted octanol–water partition coefficient (Wildman–Crippen LogP) is 4.96. The summed E-state index contributed by atoms with van der Waals surface area (Å²) in [6.45, 7) is 0. The Morgan fingerprint density at radius 2 is 1.58 bits per heavy atom. The summed E-state index contributed by atoms with van der Waals surface area (Å²) in [5.41, 5.74) is 0.604. The van der Waals surface area contributed by atoms with Crippen LogP contribution in [0.15, 0.2) is 11.0 Å². The molecule has 5 saturated carbocycles. The average molecular weight is 376 g/mol. The highest BCUT2D eigenvalue weighted by molar-refractivity contribution is 6.32. The van der Waals surface area contributed by atoms with Gasteiger partial charge in [0.2, 0.25) is 0 Å². The number of nitrogens with zero attached hydrogens (tertiary/aromatic N) is 2. The molecule has 0 aromatic carbocycles. The highest BCUT2D eigenvalue weighted by Crippen LogP contribution is 2.58. The van der Waals surface area contributed by atoms with Crippen molar-refractivity contribution >= 4 is 17.3 Å². The monoisotopic (exact) mass is 375 g/mol. The lowest BCUT2D eigenvalue weighted by atomic mass is 9.53. The van der Waals surface area contributed by atoms with Crippen molar-refractivity contribution in [3.8, 4) is 0 Å². The minimum Gasteiger partial charge on any atom is -0.380 e. The lowest BCUT2D eigenvalue weighted by Crippen LogP contribution is -2.55. The molecule has 5 aliphatic rings. The lowest BCUT2D eigenvalue weighted by molar-refractivity contribution is -0.0518. The molecule has 0 spiro atoms. The van der Waals surface area contributed by atoms with Crippen molar-refractivity contribution in [3.63, 3.8) is 0 Å². The summed E-state index contributed by atoms with van der Waals surface area (Å²) < 4.78 is 1.79. The molecule has 4 bridgehead atoms. The van der Waals surface area contributed by atoms with Gasteiger partial charge < -0.3 is 5.32 Å². The molecule has 0 atom stereocenters. The van der Waals surface area contributed by atoms with E-state index >= 15 is 0 Å². The molecule has 0 saturated heterocycles. The van der Waals surface area contributed by atoms with Crippen LogP contribution in [0.2, 0.25) is 5.02 Å². The second-order valence-corrected chi connectivity index (χ2v) is 9.94. The Morgan fingerprint density at radius 1 is 1.00 bits per heavy atom. The van der Waals surface area contributed by atoms with E-state index in [9.17, 15) is 4.79 Å². The van der Waals surface area contributed by atoms with E-state index < -0.39 is 0 Å².